The second kappa shape index (κ2) is 9.48. The van der Waals surface area contributed by atoms with E-state index in [1.807, 2.05) is 45.9 Å². The molecule has 0 aliphatic carbocycles. The Balaban J connectivity index is 1.32. The van der Waals surface area contributed by atoms with Gasteiger partial charge in [0, 0.05) is 37.9 Å². The molecule has 174 valence electrons. The van der Waals surface area contributed by atoms with Crippen LogP contribution in [0.4, 0.5) is 16.3 Å². The van der Waals surface area contributed by atoms with Crippen molar-refractivity contribution in [1.82, 2.24) is 29.3 Å². The average molecular weight is 457 g/mol. The Hall–Kier alpha value is -3.98. The van der Waals surface area contributed by atoms with E-state index in [4.69, 9.17) is 4.98 Å². The normalized spacial score (nSPS) is 15.3. The van der Waals surface area contributed by atoms with Gasteiger partial charge < -0.3 is 20.4 Å². The van der Waals surface area contributed by atoms with Crippen LogP contribution in [0.1, 0.15) is 18.5 Å². The maximum Gasteiger partial charge on any atom is 0.321 e. The molecule has 0 radical (unpaired) electrons. The summed E-state index contributed by atoms with van der Waals surface area (Å²) in [7, 11) is 2.07. The second-order valence-electron chi connectivity index (χ2n) is 8.58. The summed E-state index contributed by atoms with van der Waals surface area (Å²) in [5.74, 6) is 1.36. The average Bonchev–Trinajstić information content (AvgIpc) is 3.28. The van der Waals surface area contributed by atoms with Gasteiger partial charge in [-0.15, -0.1) is 0 Å². The van der Waals surface area contributed by atoms with Crippen LogP contribution in [0.25, 0.3) is 16.9 Å². The van der Waals surface area contributed by atoms with Crippen LogP contribution in [0, 0.1) is 0 Å². The molecule has 1 aliphatic rings. The molecule has 0 spiro atoms. The number of benzene rings is 2. The van der Waals surface area contributed by atoms with Crippen LogP contribution in [-0.4, -0.2) is 68.6 Å². The minimum absolute atomic E-state index is 0.0796. The molecule has 0 bridgehead atoms. The van der Waals surface area contributed by atoms with Crippen molar-refractivity contribution in [3.8, 4) is 5.82 Å². The first-order chi connectivity index (χ1) is 16.6. The van der Waals surface area contributed by atoms with Crippen LogP contribution >= 0.6 is 0 Å². The molecule has 34 heavy (non-hydrogen) atoms. The van der Waals surface area contributed by atoms with E-state index >= 15 is 0 Å². The van der Waals surface area contributed by atoms with Crippen molar-refractivity contribution in [2.24, 2.45) is 0 Å². The molecule has 9 nitrogen and oxygen atoms in total. The third-order valence-corrected chi connectivity index (χ3v) is 6.12. The van der Waals surface area contributed by atoms with Crippen molar-refractivity contribution in [3.05, 3.63) is 72.8 Å². The summed E-state index contributed by atoms with van der Waals surface area (Å²) < 4.78 is 1.90. The second-order valence-corrected chi connectivity index (χ2v) is 8.58. The van der Waals surface area contributed by atoms with Gasteiger partial charge in [0.25, 0.3) is 0 Å². The van der Waals surface area contributed by atoms with Crippen LogP contribution < -0.4 is 10.6 Å². The van der Waals surface area contributed by atoms with E-state index in [0.717, 1.165) is 42.9 Å². The van der Waals surface area contributed by atoms with Gasteiger partial charge in [0.15, 0.2) is 5.82 Å². The molecule has 1 aliphatic heterocycles. The molecule has 1 saturated heterocycles. The Bertz CT molecular complexity index is 1280. The number of anilines is 2. The van der Waals surface area contributed by atoms with E-state index in [0.29, 0.717) is 11.6 Å². The van der Waals surface area contributed by atoms with Gasteiger partial charge in [-0.25, -0.2) is 14.8 Å². The monoisotopic (exact) mass is 456 g/mol. The van der Waals surface area contributed by atoms with Gasteiger partial charge in [-0.1, -0.05) is 30.3 Å². The number of hydrogen-bond acceptors (Lipinski definition) is 6. The first kappa shape index (κ1) is 21.8. The molecular formula is C25H28N8O. The summed E-state index contributed by atoms with van der Waals surface area (Å²) in [6, 6.07) is 15.9. The van der Waals surface area contributed by atoms with E-state index in [9.17, 15) is 4.79 Å². The lowest BCUT2D eigenvalue weighted by Crippen LogP contribution is -2.48. The Labute approximate surface area is 198 Å². The van der Waals surface area contributed by atoms with Gasteiger partial charge in [0.05, 0.1) is 23.4 Å². The highest BCUT2D eigenvalue weighted by Crippen LogP contribution is 2.23. The van der Waals surface area contributed by atoms with Crippen molar-refractivity contribution >= 4 is 28.6 Å². The van der Waals surface area contributed by atoms with Gasteiger partial charge >= 0.3 is 6.03 Å². The van der Waals surface area contributed by atoms with Gasteiger partial charge in [-0.2, -0.15) is 0 Å². The maximum absolute atomic E-state index is 12.6. The molecule has 2 aromatic heterocycles. The highest BCUT2D eigenvalue weighted by molar-refractivity contribution is 5.92. The number of hydrogen-bond donors (Lipinski definition) is 2. The number of nitrogens with zero attached hydrogens (tertiary/aromatic N) is 6. The molecule has 2 amide bonds. The summed E-state index contributed by atoms with van der Waals surface area (Å²) in [4.78, 5) is 30.3. The van der Waals surface area contributed by atoms with Gasteiger partial charge in [-0.3, -0.25) is 9.55 Å². The Morgan fingerprint density at radius 1 is 1.03 bits per heavy atom. The molecular weight excluding hydrogens is 428 g/mol. The molecule has 0 saturated carbocycles. The molecule has 3 heterocycles. The number of likely N-dealkylation sites (N-methyl/N-ethyl adjacent to an activating group) is 1. The fourth-order valence-electron chi connectivity index (χ4n) is 4.07. The zero-order chi connectivity index (χ0) is 23.5. The van der Waals surface area contributed by atoms with E-state index < -0.39 is 0 Å². The first-order valence-electron chi connectivity index (χ1n) is 11.4. The number of rotatable bonds is 5. The number of amides is 2. The maximum atomic E-state index is 12.6. The summed E-state index contributed by atoms with van der Waals surface area (Å²) in [5, 5.41) is 6.41. The number of fused-ring (bicyclic) bond motifs is 1. The van der Waals surface area contributed by atoms with Gasteiger partial charge in [-0.05, 0) is 37.7 Å². The Morgan fingerprint density at radius 3 is 2.62 bits per heavy atom. The molecule has 4 aromatic rings. The molecule has 5 rings (SSSR count). The van der Waals surface area contributed by atoms with E-state index in [2.05, 4.69) is 51.6 Å². The number of urea groups is 1. The van der Waals surface area contributed by atoms with Gasteiger partial charge in [0.2, 0.25) is 0 Å². The van der Waals surface area contributed by atoms with Crippen molar-refractivity contribution in [1.29, 1.82) is 0 Å². The number of carbonyl (C=O) groups excluding carboxylic acids is 1. The molecule has 2 aromatic carbocycles. The zero-order valence-corrected chi connectivity index (χ0v) is 19.3. The third-order valence-electron chi connectivity index (χ3n) is 6.12. The predicted octanol–water partition coefficient (Wildman–Crippen LogP) is 3.77. The predicted molar refractivity (Wildman–Crippen MR) is 133 cm³/mol. The highest BCUT2D eigenvalue weighted by atomic mass is 16.2. The summed E-state index contributed by atoms with van der Waals surface area (Å²) in [6.45, 7) is 5.32. The van der Waals surface area contributed by atoms with Crippen molar-refractivity contribution in [3.63, 3.8) is 0 Å². The SMILES string of the molecule is C[C@H](Nc1cncc(-n2cnc3cc(NC(=O)N4CCN(C)CC4)ccc32)n1)c1ccccc1. The largest absolute Gasteiger partial charge is 0.362 e. The van der Waals surface area contributed by atoms with Crippen LogP contribution in [0.15, 0.2) is 67.3 Å². The number of nitrogens with one attached hydrogen (secondary N) is 2. The number of aromatic nitrogens is 4. The van der Waals surface area contributed by atoms with E-state index in [-0.39, 0.29) is 12.1 Å². The Morgan fingerprint density at radius 2 is 1.82 bits per heavy atom. The zero-order valence-electron chi connectivity index (χ0n) is 19.3. The van der Waals surface area contributed by atoms with Crippen LogP contribution in [-0.2, 0) is 0 Å². The topological polar surface area (TPSA) is 91.2 Å². The lowest BCUT2D eigenvalue weighted by atomic mass is 10.1. The molecule has 1 atom stereocenters. The van der Waals surface area contributed by atoms with Crippen LogP contribution in [0.3, 0.4) is 0 Å². The molecule has 0 unspecified atom stereocenters. The quantitative estimate of drug-likeness (QED) is 0.475. The fourth-order valence-corrected chi connectivity index (χ4v) is 4.07. The Kier molecular flexibility index (Phi) is 6.09. The third kappa shape index (κ3) is 4.69. The highest BCUT2D eigenvalue weighted by Gasteiger charge is 2.19. The summed E-state index contributed by atoms with van der Waals surface area (Å²) >= 11 is 0. The standard InChI is InChI=1S/C25H28N8O/c1-18(19-6-4-3-5-7-19)28-23-15-26-16-24(30-23)33-17-27-21-14-20(8-9-22(21)33)29-25(34)32-12-10-31(2)11-13-32/h3-9,14-18H,10-13H2,1-2H3,(H,28,30)(H,29,34)/t18-/m0/s1. The number of piperazine rings is 1. The summed E-state index contributed by atoms with van der Waals surface area (Å²) in [6.07, 6.45) is 5.15. The van der Waals surface area contributed by atoms with Crippen LogP contribution in [0.2, 0.25) is 0 Å². The van der Waals surface area contributed by atoms with Crippen molar-refractivity contribution in [2.45, 2.75) is 13.0 Å². The lowest BCUT2D eigenvalue weighted by Gasteiger charge is -2.32. The van der Waals surface area contributed by atoms with Gasteiger partial charge in [0.1, 0.15) is 12.1 Å². The van der Waals surface area contributed by atoms with Crippen molar-refractivity contribution < 1.29 is 4.79 Å². The summed E-state index contributed by atoms with van der Waals surface area (Å²) in [5.41, 5.74) is 3.56. The van der Waals surface area contributed by atoms with Crippen LogP contribution in [0.5, 0.6) is 0 Å². The number of carbonyl (C=O) groups is 1. The molecule has 9 heteroatoms. The fraction of sp³-hybridized carbons (Fsp3) is 0.280. The molecule has 2 N–H and O–H groups in total. The van der Waals surface area contributed by atoms with E-state index in [1.54, 1.807) is 18.7 Å². The van der Waals surface area contributed by atoms with Crippen molar-refractivity contribution in [2.75, 3.05) is 43.9 Å². The minimum atomic E-state index is -0.0796. The smallest absolute Gasteiger partial charge is 0.321 e. The van der Waals surface area contributed by atoms with E-state index in [1.165, 1.54) is 5.56 Å². The lowest BCUT2D eigenvalue weighted by molar-refractivity contribution is 0.164. The first-order valence-corrected chi connectivity index (χ1v) is 11.4. The minimum Gasteiger partial charge on any atom is -0.362 e. The number of imidazole rings is 1. The molecule has 1 fully saturated rings.